The summed E-state index contributed by atoms with van der Waals surface area (Å²) in [5, 5.41) is 4.26. The van der Waals surface area contributed by atoms with Gasteiger partial charge in [0.1, 0.15) is 17.4 Å². The molecule has 6 nitrogen and oxygen atoms in total. The molecule has 0 saturated heterocycles. The standard InChI is InChI=1S/C22H14ClF4N3O3S/c23-11-19(31)29-34(32,33)17-7-4-13(5-8-17)20-18-9-6-15(22(25,26)27)12-30(18)28-21(20)14-2-1-3-16(24)10-14/h1-10,12H,11H2,(H,29,31). The van der Waals surface area contributed by atoms with E-state index in [0.29, 0.717) is 22.2 Å². The Hall–Kier alpha value is -3.44. The summed E-state index contributed by atoms with van der Waals surface area (Å²) in [6.45, 7) is 0. The molecule has 0 aliphatic heterocycles. The number of rotatable bonds is 5. The largest absolute Gasteiger partial charge is 0.417 e. The topological polar surface area (TPSA) is 80.5 Å². The number of carbonyl (C=O) groups excluding carboxylic acids is 1. The maximum absolute atomic E-state index is 13.9. The van der Waals surface area contributed by atoms with Crippen LogP contribution in [0.5, 0.6) is 0 Å². The number of nitrogens with zero attached hydrogens (tertiary/aromatic N) is 2. The second kappa shape index (κ2) is 8.73. The number of benzene rings is 2. The average Bonchev–Trinajstić information content (AvgIpc) is 3.17. The molecule has 4 rings (SSSR count). The lowest BCUT2D eigenvalue weighted by Gasteiger charge is -2.09. The molecular formula is C22H14ClF4N3O3S. The van der Waals surface area contributed by atoms with Crippen molar-refractivity contribution in [3.63, 3.8) is 0 Å². The first-order valence-electron chi connectivity index (χ1n) is 9.57. The van der Waals surface area contributed by atoms with Gasteiger partial charge >= 0.3 is 6.18 Å². The summed E-state index contributed by atoms with van der Waals surface area (Å²) in [6.07, 6.45) is -3.77. The highest BCUT2D eigenvalue weighted by atomic mass is 35.5. The van der Waals surface area contributed by atoms with Crippen LogP contribution in [-0.2, 0) is 21.0 Å². The predicted molar refractivity (Wildman–Crippen MR) is 117 cm³/mol. The van der Waals surface area contributed by atoms with E-state index in [9.17, 15) is 30.8 Å². The van der Waals surface area contributed by atoms with E-state index in [0.717, 1.165) is 16.8 Å². The Morgan fingerprint density at radius 3 is 2.35 bits per heavy atom. The van der Waals surface area contributed by atoms with Crippen LogP contribution in [0.15, 0.2) is 71.8 Å². The first kappa shape index (κ1) is 23.7. The second-order valence-corrected chi connectivity index (χ2v) is 9.12. The van der Waals surface area contributed by atoms with Gasteiger partial charge in [-0.3, -0.25) is 4.79 Å². The van der Waals surface area contributed by atoms with Crippen molar-refractivity contribution in [1.82, 2.24) is 14.3 Å². The summed E-state index contributed by atoms with van der Waals surface area (Å²) >= 11 is 5.34. The lowest BCUT2D eigenvalue weighted by Crippen LogP contribution is -2.31. The zero-order chi connectivity index (χ0) is 24.7. The lowest BCUT2D eigenvalue weighted by atomic mass is 9.99. The van der Waals surface area contributed by atoms with Gasteiger partial charge in [-0.05, 0) is 42.0 Å². The molecule has 2 aromatic heterocycles. The maximum Gasteiger partial charge on any atom is 0.417 e. The molecule has 0 aliphatic rings. The number of amides is 1. The minimum absolute atomic E-state index is 0.199. The van der Waals surface area contributed by atoms with Gasteiger partial charge in [0.2, 0.25) is 5.91 Å². The second-order valence-electron chi connectivity index (χ2n) is 7.17. The highest BCUT2D eigenvalue weighted by Gasteiger charge is 2.31. The number of hydrogen-bond donors (Lipinski definition) is 1. The molecule has 2 heterocycles. The van der Waals surface area contributed by atoms with Crippen LogP contribution in [0.1, 0.15) is 5.56 Å². The highest BCUT2D eigenvalue weighted by molar-refractivity contribution is 7.90. The Labute approximate surface area is 195 Å². The first-order chi connectivity index (χ1) is 16.0. The van der Waals surface area contributed by atoms with Crippen LogP contribution < -0.4 is 4.72 Å². The Morgan fingerprint density at radius 2 is 1.74 bits per heavy atom. The van der Waals surface area contributed by atoms with E-state index in [1.54, 1.807) is 10.8 Å². The van der Waals surface area contributed by atoms with E-state index in [4.69, 9.17) is 11.6 Å². The van der Waals surface area contributed by atoms with E-state index >= 15 is 0 Å². The smallest absolute Gasteiger partial charge is 0.273 e. The number of fused-ring (bicyclic) bond motifs is 1. The Kier molecular flexibility index (Phi) is 6.09. The van der Waals surface area contributed by atoms with Crippen molar-refractivity contribution in [3.8, 4) is 22.4 Å². The van der Waals surface area contributed by atoms with E-state index in [-0.39, 0.29) is 10.6 Å². The van der Waals surface area contributed by atoms with Crippen LogP contribution in [0.4, 0.5) is 17.6 Å². The van der Waals surface area contributed by atoms with Crippen molar-refractivity contribution >= 4 is 33.0 Å². The van der Waals surface area contributed by atoms with Crippen molar-refractivity contribution in [2.75, 3.05) is 5.88 Å². The third-order valence-electron chi connectivity index (χ3n) is 4.88. The summed E-state index contributed by atoms with van der Waals surface area (Å²) in [5.74, 6) is -2.01. The van der Waals surface area contributed by atoms with Gasteiger partial charge in [0.05, 0.1) is 16.0 Å². The molecule has 4 aromatic rings. The Balaban J connectivity index is 1.88. The van der Waals surface area contributed by atoms with E-state index < -0.39 is 39.4 Å². The highest BCUT2D eigenvalue weighted by Crippen LogP contribution is 2.37. The Morgan fingerprint density at radius 1 is 1.03 bits per heavy atom. The number of alkyl halides is 4. The molecular weight excluding hydrogens is 498 g/mol. The van der Waals surface area contributed by atoms with Gasteiger partial charge in [-0.25, -0.2) is 22.0 Å². The van der Waals surface area contributed by atoms with Crippen LogP contribution in [0, 0.1) is 5.82 Å². The molecule has 1 amide bonds. The summed E-state index contributed by atoms with van der Waals surface area (Å²) in [7, 11) is -4.17. The van der Waals surface area contributed by atoms with Crippen LogP contribution in [0.2, 0.25) is 0 Å². The molecule has 0 unspecified atom stereocenters. The number of sulfonamides is 1. The van der Waals surface area contributed by atoms with Crippen molar-refractivity contribution in [1.29, 1.82) is 0 Å². The van der Waals surface area contributed by atoms with Crippen molar-refractivity contribution in [2.24, 2.45) is 0 Å². The van der Waals surface area contributed by atoms with E-state index in [2.05, 4.69) is 5.10 Å². The Bertz CT molecular complexity index is 1500. The van der Waals surface area contributed by atoms with Gasteiger partial charge in [0.25, 0.3) is 10.0 Å². The average molecular weight is 512 g/mol. The van der Waals surface area contributed by atoms with Crippen LogP contribution in [-0.4, -0.2) is 29.8 Å². The van der Waals surface area contributed by atoms with Gasteiger partial charge in [0.15, 0.2) is 0 Å². The molecule has 12 heteroatoms. The van der Waals surface area contributed by atoms with Gasteiger partial charge in [-0.2, -0.15) is 18.3 Å². The van der Waals surface area contributed by atoms with Crippen molar-refractivity contribution in [2.45, 2.75) is 11.1 Å². The van der Waals surface area contributed by atoms with Crippen LogP contribution in [0.25, 0.3) is 27.9 Å². The number of hydrogen-bond acceptors (Lipinski definition) is 4. The quantitative estimate of drug-likeness (QED) is 0.306. The predicted octanol–water partition coefficient (Wildman–Crippen LogP) is 4.87. The summed E-state index contributed by atoms with van der Waals surface area (Å²) in [6, 6.07) is 12.8. The first-order valence-corrected chi connectivity index (χ1v) is 11.6. The van der Waals surface area contributed by atoms with Gasteiger partial charge in [-0.1, -0.05) is 24.3 Å². The summed E-state index contributed by atoms with van der Waals surface area (Å²) in [5.41, 5.74) is 0.669. The fourth-order valence-corrected chi connectivity index (χ4v) is 4.51. The fraction of sp³-hybridized carbons (Fsp3) is 0.0909. The zero-order valence-electron chi connectivity index (χ0n) is 17.0. The summed E-state index contributed by atoms with van der Waals surface area (Å²) < 4.78 is 81.0. The molecule has 1 N–H and O–H groups in total. The molecule has 0 atom stereocenters. The normalized spacial score (nSPS) is 12.1. The molecule has 0 saturated carbocycles. The SMILES string of the molecule is O=C(CCl)NS(=O)(=O)c1ccc(-c2c(-c3cccc(F)c3)nn3cc(C(F)(F)F)ccc23)cc1. The number of nitrogens with one attached hydrogen (secondary N) is 1. The molecule has 0 radical (unpaired) electrons. The third-order valence-corrected chi connectivity index (χ3v) is 6.51. The lowest BCUT2D eigenvalue weighted by molar-refractivity contribution is -0.137. The van der Waals surface area contributed by atoms with E-state index in [1.807, 2.05) is 0 Å². The van der Waals surface area contributed by atoms with Gasteiger partial charge < -0.3 is 0 Å². The summed E-state index contributed by atoms with van der Waals surface area (Å²) in [4.78, 5) is 11.2. The number of carbonyl (C=O) groups is 1. The maximum atomic E-state index is 13.9. The van der Waals surface area contributed by atoms with Gasteiger partial charge in [0, 0.05) is 17.3 Å². The van der Waals surface area contributed by atoms with E-state index in [1.165, 1.54) is 48.5 Å². The molecule has 0 aliphatic carbocycles. The molecule has 0 spiro atoms. The van der Waals surface area contributed by atoms with Gasteiger partial charge in [-0.15, -0.1) is 11.6 Å². The monoisotopic (exact) mass is 511 g/mol. The molecule has 2 aromatic carbocycles. The molecule has 0 fully saturated rings. The van der Waals surface area contributed by atoms with Crippen molar-refractivity contribution in [3.05, 3.63) is 78.2 Å². The molecule has 0 bridgehead atoms. The number of aromatic nitrogens is 2. The van der Waals surface area contributed by atoms with Crippen molar-refractivity contribution < 1.29 is 30.8 Å². The molecule has 34 heavy (non-hydrogen) atoms. The molecule has 176 valence electrons. The zero-order valence-corrected chi connectivity index (χ0v) is 18.5. The minimum Gasteiger partial charge on any atom is -0.273 e. The van der Waals surface area contributed by atoms with Crippen LogP contribution in [0.3, 0.4) is 0 Å². The third kappa shape index (κ3) is 4.62. The number of pyridine rings is 1. The minimum atomic E-state index is -4.59. The number of halogens is 5. The van der Waals surface area contributed by atoms with Crippen LogP contribution >= 0.6 is 11.6 Å². The fourth-order valence-electron chi connectivity index (χ4n) is 3.38.